The summed E-state index contributed by atoms with van der Waals surface area (Å²) in [5.74, 6) is 0.00385. The number of rotatable bonds is 10. The average molecular weight is 607 g/mol. The first-order chi connectivity index (χ1) is 20.8. The molecule has 2 N–H and O–H groups in total. The van der Waals surface area contributed by atoms with Crippen molar-refractivity contribution in [3.63, 3.8) is 0 Å². The summed E-state index contributed by atoms with van der Waals surface area (Å²) in [5.41, 5.74) is 0.405. The lowest BCUT2D eigenvalue weighted by Crippen LogP contribution is -2.40. The highest BCUT2D eigenvalue weighted by Crippen LogP contribution is 2.35. The lowest BCUT2D eigenvalue weighted by molar-refractivity contribution is -0.121. The second kappa shape index (κ2) is 13.1. The molecule has 12 heteroatoms. The smallest absolute Gasteiger partial charge is 0.336 e. The molecule has 2 amide bonds. The molecule has 1 fully saturated rings. The van der Waals surface area contributed by atoms with Crippen molar-refractivity contribution in [3.8, 4) is 17.2 Å². The molecule has 1 aromatic heterocycles. The van der Waals surface area contributed by atoms with Gasteiger partial charge in [-0.3, -0.25) is 19.0 Å². The number of carbonyl (C=O) groups is 2. The zero-order chi connectivity index (χ0) is 30.5. The Morgan fingerprint density at radius 2 is 1.74 bits per heavy atom. The number of nitrogens with one attached hydrogen (secondary N) is 2. The number of amides is 2. The molecule has 0 saturated carbocycles. The minimum absolute atomic E-state index is 0.0476. The number of fused-ring (bicyclic) bond motifs is 1. The van der Waals surface area contributed by atoms with Crippen LogP contribution in [0.3, 0.4) is 0 Å². The third-order valence-corrected chi connectivity index (χ3v) is 7.51. The van der Waals surface area contributed by atoms with Gasteiger partial charge in [0.1, 0.15) is 18.0 Å². The van der Waals surface area contributed by atoms with Gasteiger partial charge in [0.25, 0.3) is 5.56 Å². The van der Waals surface area contributed by atoms with Crippen LogP contribution >= 0.6 is 11.6 Å². The number of carbonyl (C=O) groups excluding carboxylic acids is 2. The van der Waals surface area contributed by atoms with E-state index in [1.807, 2.05) is 0 Å². The van der Waals surface area contributed by atoms with E-state index in [4.69, 9.17) is 25.8 Å². The number of anilines is 1. The maximum Gasteiger partial charge on any atom is 0.336 e. The second-order valence-electron chi connectivity index (χ2n) is 10.0. The molecule has 1 aliphatic heterocycles. The molecule has 11 nitrogen and oxygen atoms in total. The Hall–Kier alpha value is -4.61. The number of hydrogen-bond donors (Lipinski definition) is 2. The monoisotopic (exact) mass is 606 g/mol. The van der Waals surface area contributed by atoms with Gasteiger partial charge in [-0.15, -0.1) is 0 Å². The Morgan fingerprint density at radius 1 is 1.00 bits per heavy atom. The van der Waals surface area contributed by atoms with E-state index in [9.17, 15) is 19.2 Å². The van der Waals surface area contributed by atoms with Crippen LogP contribution in [0.4, 0.5) is 5.69 Å². The predicted molar refractivity (Wildman–Crippen MR) is 163 cm³/mol. The summed E-state index contributed by atoms with van der Waals surface area (Å²) in [4.78, 5) is 52.8. The molecule has 43 heavy (non-hydrogen) atoms. The fourth-order valence-corrected chi connectivity index (χ4v) is 5.28. The van der Waals surface area contributed by atoms with Crippen LogP contribution in [0.25, 0.3) is 16.6 Å². The third kappa shape index (κ3) is 6.58. The van der Waals surface area contributed by atoms with Crippen LogP contribution in [0.15, 0.2) is 70.3 Å². The van der Waals surface area contributed by atoms with Gasteiger partial charge in [0, 0.05) is 19.2 Å². The molecule has 5 rings (SSSR count). The molecule has 4 aromatic rings. The van der Waals surface area contributed by atoms with Gasteiger partial charge in [0.15, 0.2) is 0 Å². The number of hydrogen-bond acceptors (Lipinski definition) is 7. The van der Waals surface area contributed by atoms with Crippen molar-refractivity contribution in [2.75, 3.05) is 32.7 Å². The molecule has 1 saturated heterocycles. The van der Waals surface area contributed by atoms with Crippen LogP contribution in [0, 0.1) is 0 Å². The zero-order valence-electron chi connectivity index (χ0n) is 23.7. The number of aromatic nitrogens is 2. The zero-order valence-corrected chi connectivity index (χ0v) is 24.5. The van der Waals surface area contributed by atoms with Crippen LogP contribution < -0.4 is 31.4 Å². The Kier molecular flexibility index (Phi) is 9.13. The van der Waals surface area contributed by atoms with E-state index in [1.54, 1.807) is 48.5 Å². The highest BCUT2D eigenvalue weighted by Gasteiger charge is 2.19. The molecular weight excluding hydrogens is 576 g/mol. The van der Waals surface area contributed by atoms with Crippen LogP contribution in [-0.2, 0) is 27.3 Å². The summed E-state index contributed by atoms with van der Waals surface area (Å²) in [6, 6.07) is 16.2. The maximum atomic E-state index is 13.7. The molecule has 1 atom stereocenters. The molecule has 2 heterocycles. The number of para-hydroxylation sites is 1. The van der Waals surface area contributed by atoms with Gasteiger partial charge < -0.3 is 24.8 Å². The van der Waals surface area contributed by atoms with Gasteiger partial charge in [0.05, 0.1) is 54.0 Å². The minimum Gasteiger partial charge on any atom is -0.495 e. The van der Waals surface area contributed by atoms with Crippen molar-refractivity contribution in [1.29, 1.82) is 0 Å². The third-order valence-electron chi connectivity index (χ3n) is 7.21. The van der Waals surface area contributed by atoms with Crippen LogP contribution in [0.1, 0.15) is 18.4 Å². The van der Waals surface area contributed by atoms with Gasteiger partial charge in [-0.05, 0) is 48.7 Å². The quantitative estimate of drug-likeness (QED) is 0.283. The molecule has 1 aliphatic rings. The van der Waals surface area contributed by atoms with Gasteiger partial charge in [0.2, 0.25) is 11.8 Å². The summed E-state index contributed by atoms with van der Waals surface area (Å²) in [5, 5.41) is 6.13. The second-order valence-corrected chi connectivity index (χ2v) is 10.5. The first-order valence-corrected chi connectivity index (χ1v) is 14.1. The molecular formula is C31H31ClN4O7. The summed E-state index contributed by atoms with van der Waals surface area (Å²) in [7, 11) is 2.90. The minimum atomic E-state index is -0.694. The normalized spacial score (nSPS) is 14.4. The molecule has 0 radical (unpaired) electrons. The van der Waals surface area contributed by atoms with Gasteiger partial charge >= 0.3 is 5.69 Å². The van der Waals surface area contributed by atoms with Gasteiger partial charge in [-0.25, -0.2) is 9.36 Å². The van der Waals surface area contributed by atoms with Gasteiger partial charge in [-0.1, -0.05) is 35.9 Å². The largest absolute Gasteiger partial charge is 0.495 e. The number of methoxy groups -OCH3 is 2. The van der Waals surface area contributed by atoms with Crippen molar-refractivity contribution in [3.05, 3.63) is 92.1 Å². The number of benzene rings is 3. The van der Waals surface area contributed by atoms with E-state index in [0.717, 1.165) is 24.0 Å². The van der Waals surface area contributed by atoms with Crippen molar-refractivity contribution in [2.24, 2.45) is 0 Å². The van der Waals surface area contributed by atoms with Crippen molar-refractivity contribution in [1.82, 2.24) is 14.5 Å². The Balaban J connectivity index is 1.41. The van der Waals surface area contributed by atoms with E-state index < -0.39 is 23.7 Å². The number of ether oxygens (including phenoxy) is 3. The fourth-order valence-electron chi connectivity index (χ4n) is 5.04. The standard InChI is InChI=1S/C31H31ClN4O7/c1-41-26-16-27(42-2)24(15-23(26)32)34-29(38)18-35-25-8-4-3-7-22(25)30(39)36(31(35)40)20-11-9-19(10-12-20)14-28(37)33-17-21-6-5-13-43-21/h3-4,7-12,15-16,21H,5-6,13-14,17-18H2,1-2H3,(H,33,37)(H,34,38). The van der Waals surface area contributed by atoms with Crippen molar-refractivity contribution < 1.29 is 23.8 Å². The van der Waals surface area contributed by atoms with Gasteiger partial charge in [-0.2, -0.15) is 0 Å². The van der Waals surface area contributed by atoms with E-state index in [0.29, 0.717) is 40.5 Å². The first kappa shape index (κ1) is 29.9. The van der Waals surface area contributed by atoms with Crippen LogP contribution in [0.2, 0.25) is 5.02 Å². The topological polar surface area (TPSA) is 130 Å². The Labute approximate surface area is 251 Å². The highest BCUT2D eigenvalue weighted by molar-refractivity contribution is 6.32. The Morgan fingerprint density at radius 3 is 2.44 bits per heavy atom. The van der Waals surface area contributed by atoms with E-state index in [1.165, 1.54) is 30.9 Å². The summed E-state index contributed by atoms with van der Waals surface area (Å²) in [6.45, 7) is 0.791. The SMILES string of the molecule is COc1cc(OC)c(NC(=O)Cn2c(=O)n(-c3ccc(CC(=O)NCC4CCCO4)cc3)c(=O)c3ccccc32)cc1Cl. The van der Waals surface area contributed by atoms with Crippen molar-refractivity contribution in [2.45, 2.75) is 31.9 Å². The number of nitrogens with zero attached hydrogens (tertiary/aromatic N) is 2. The summed E-state index contributed by atoms with van der Waals surface area (Å²) < 4.78 is 18.3. The molecule has 0 spiro atoms. The van der Waals surface area contributed by atoms with E-state index >= 15 is 0 Å². The fraction of sp³-hybridized carbons (Fsp3) is 0.290. The predicted octanol–water partition coefficient (Wildman–Crippen LogP) is 3.30. The Bertz CT molecular complexity index is 1780. The molecule has 0 bridgehead atoms. The average Bonchev–Trinajstić information content (AvgIpc) is 3.53. The van der Waals surface area contributed by atoms with Crippen LogP contribution in [0.5, 0.6) is 11.5 Å². The first-order valence-electron chi connectivity index (χ1n) is 13.7. The molecule has 0 aliphatic carbocycles. The van der Waals surface area contributed by atoms with E-state index in [-0.39, 0.29) is 28.8 Å². The lowest BCUT2D eigenvalue weighted by atomic mass is 10.1. The summed E-state index contributed by atoms with van der Waals surface area (Å²) in [6.07, 6.45) is 2.11. The molecule has 224 valence electrons. The molecule has 1 unspecified atom stereocenters. The van der Waals surface area contributed by atoms with Crippen molar-refractivity contribution >= 4 is 40.0 Å². The number of halogens is 1. The maximum absolute atomic E-state index is 13.7. The van der Waals surface area contributed by atoms with E-state index in [2.05, 4.69) is 10.6 Å². The van der Waals surface area contributed by atoms with Crippen LogP contribution in [-0.4, -0.2) is 54.4 Å². The molecule has 3 aromatic carbocycles. The highest BCUT2D eigenvalue weighted by atomic mass is 35.5. The summed E-state index contributed by atoms with van der Waals surface area (Å²) >= 11 is 6.24. The lowest BCUT2D eigenvalue weighted by Gasteiger charge is -2.16.